The van der Waals surface area contributed by atoms with Crippen molar-refractivity contribution in [1.82, 2.24) is 4.90 Å². The smallest absolute Gasteiger partial charge is 0.370 e. The van der Waals surface area contributed by atoms with Gasteiger partial charge in [0.05, 0.1) is 23.3 Å². The Morgan fingerprint density at radius 2 is 1.53 bits per heavy atom. The van der Waals surface area contributed by atoms with Gasteiger partial charge in [-0.25, -0.2) is 4.39 Å². The summed E-state index contributed by atoms with van der Waals surface area (Å²) in [6.07, 6.45) is -10.3. The van der Waals surface area contributed by atoms with E-state index in [4.69, 9.17) is 4.74 Å². The fraction of sp³-hybridized carbons (Fsp3) is 0.500. The Balaban J connectivity index is 1.66. The average molecular weight is 517 g/mol. The lowest BCUT2D eigenvalue weighted by atomic mass is 9.69. The number of rotatable bonds is 4. The molecule has 36 heavy (non-hydrogen) atoms. The second-order valence-corrected chi connectivity index (χ2v) is 9.66. The van der Waals surface area contributed by atoms with Crippen molar-refractivity contribution in [2.24, 2.45) is 11.8 Å². The standard InChI is InChI=1S/C26H26F7NO2/c1-14(18-9-19(25(28,29)30)11-20(10-18)26(31,32)33)36-23-8-5-17-12-34(15(2)35)13-22(17)24(23)16-3-6-21(27)7-4-16/h3-4,6-7,9-11,14,17,22-24H,5,8,12-13H2,1-2H3/t14-,17?,22?,23+,24+/m1/s1. The molecular formula is C26H26F7NO2. The quantitative estimate of drug-likeness (QED) is 0.410. The molecule has 1 heterocycles. The van der Waals surface area contributed by atoms with Crippen molar-refractivity contribution >= 4 is 5.91 Å². The van der Waals surface area contributed by atoms with Gasteiger partial charge in [0.25, 0.3) is 0 Å². The molecule has 1 saturated heterocycles. The summed E-state index contributed by atoms with van der Waals surface area (Å²) in [5.41, 5.74) is -2.26. The molecule has 2 aromatic carbocycles. The molecule has 0 N–H and O–H groups in total. The van der Waals surface area contributed by atoms with E-state index >= 15 is 0 Å². The Labute approximate surface area is 204 Å². The highest BCUT2D eigenvalue weighted by molar-refractivity contribution is 5.73. The van der Waals surface area contributed by atoms with Crippen LogP contribution in [-0.4, -0.2) is 30.0 Å². The van der Waals surface area contributed by atoms with Gasteiger partial charge < -0.3 is 9.64 Å². The molecular weight excluding hydrogens is 491 g/mol. The Morgan fingerprint density at radius 3 is 2.06 bits per heavy atom. The average Bonchev–Trinajstić information content (AvgIpc) is 3.23. The summed E-state index contributed by atoms with van der Waals surface area (Å²) in [5.74, 6) is -0.666. The van der Waals surface area contributed by atoms with Crippen LogP contribution >= 0.6 is 0 Å². The topological polar surface area (TPSA) is 29.5 Å². The molecule has 3 nitrogen and oxygen atoms in total. The van der Waals surface area contributed by atoms with Crippen LogP contribution in [0.1, 0.15) is 61.0 Å². The van der Waals surface area contributed by atoms with Gasteiger partial charge in [-0.1, -0.05) is 12.1 Å². The number of hydrogen-bond donors (Lipinski definition) is 0. The number of halogens is 7. The van der Waals surface area contributed by atoms with Gasteiger partial charge in [-0.05, 0) is 73.1 Å². The Hall–Kier alpha value is -2.62. The summed E-state index contributed by atoms with van der Waals surface area (Å²) < 4.78 is 99.9. The molecule has 2 unspecified atom stereocenters. The molecule has 1 aliphatic carbocycles. The third kappa shape index (κ3) is 5.53. The minimum atomic E-state index is -4.95. The number of fused-ring (bicyclic) bond motifs is 1. The van der Waals surface area contributed by atoms with Crippen LogP contribution in [0, 0.1) is 17.7 Å². The summed E-state index contributed by atoms with van der Waals surface area (Å²) >= 11 is 0. The zero-order valence-corrected chi connectivity index (χ0v) is 19.7. The van der Waals surface area contributed by atoms with E-state index in [1.165, 1.54) is 26.0 Å². The molecule has 10 heteroatoms. The zero-order chi connectivity index (χ0) is 26.4. The fourth-order valence-corrected chi connectivity index (χ4v) is 5.55. The molecule has 0 spiro atoms. The first-order valence-corrected chi connectivity index (χ1v) is 11.7. The van der Waals surface area contributed by atoms with Crippen molar-refractivity contribution < 1.29 is 40.3 Å². The first kappa shape index (κ1) is 26.4. The van der Waals surface area contributed by atoms with E-state index in [2.05, 4.69) is 0 Å². The van der Waals surface area contributed by atoms with E-state index in [0.717, 1.165) is 5.56 Å². The van der Waals surface area contributed by atoms with Crippen LogP contribution in [0.3, 0.4) is 0 Å². The first-order chi connectivity index (χ1) is 16.7. The van der Waals surface area contributed by atoms with Crippen molar-refractivity contribution in [2.45, 2.75) is 57.2 Å². The molecule has 1 aliphatic heterocycles. The molecule has 0 radical (unpaired) electrons. The zero-order valence-electron chi connectivity index (χ0n) is 19.7. The third-order valence-corrected chi connectivity index (χ3v) is 7.33. The molecule has 0 aromatic heterocycles. The van der Waals surface area contributed by atoms with Gasteiger partial charge in [0.1, 0.15) is 5.82 Å². The number of likely N-dealkylation sites (tertiary alicyclic amines) is 1. The normalized spacial score (nSPS) is 25.5. The lowest BCUT2D eigenvalue weighted by Crippen LogP contribution is -2.38. The summed E-state index contributed by atoms with van der Waals surface area (Å²) in [6.45, 7) is 3.94. The highest BCUT2D eigenvalue weighted by atomic mass is 19.4. The lowest BCUT2D eigenvalue weighted by Gasteiger charge is -2.41. The van der Waals surface area contributed by atoms with Gasteiger partial charge in [0.2, 0.25) is 5.91 Å². The van der Waals surface area contributed by atoms with Crippen LogP contribution in [0.2, 0.25) is 0 Å². The molecule has 1 amide bonds. The van der Waals surface area contributed by atoms with Gasteiger partial charge in [-0.3, -0.25) is 4.79 Å². The van der Waals surface area contributed by atoms with Gasteiger partial charge >= 0.3 is 12.4 Å². The van der Waals surface area contributed by atoms with Crippen molar-refractivity contribution in [3.63, 3.8) is 0 Å². The van der Waals surface area contributed by atoms with E-state index in [0.29, 0.717) is 38.1 Å². The van der Waals surface area contributed by atoms with Crippen molar-refractivity contribution in [1.29, 1.82) is 0 Å². The highest BCUT2D eigenvalue weighted by Gasteiger charge is 2.47. The van der Waals surface area contributed by atoms with Crippen LogP contribution in [0.15, 0.2) is 42.5 Å². The summed E-state index contributed by atoms with van der Waals surface area (Å²) in [6, 6.07) is 7.31. The molecule has 1 saturated carbocycles. The summed E-state index contributed by atoms with van der Waals surface area (Å²) in [4.78, 5) is 13.7. The SMILES string of the molecule is CC(=O)N1CC2CC[C@H](O[C@H](C)c3cc(C(F)(F)F)cc(C(F)(F)F)c3)[C@@H](c3ccc(F)cc3)C2C1. The maximum atomic E-state index is 13.6. The summed E-state index contributed by atoms with van der Waals surface area (Å²) in [7, 11) is 0. The van der Waals surface area contributed by atoms with E-state index in [-0.39, 0.29) is 35.3 Å². The largest absolute Gasteiger partial charge is 0.416 e. The minimum Gasteiger partial charge on any atom is -0.370 e. The molecule has 0 bridgehead atoms. The Bertz CT molecular complexity index is 1060. The Kier molecular flexibility index (Phi) is 7.11. The third-order valence-electron chi connectivity index (χ3n) is 7.33. The number of carbonyl (C=O) groups is 1. The number of carbonyl (C=O) groups excluding carboxylic acids is 1. The number of benzene rings is 2. The summed E-state index contributed by atoms with van der Waals surface area (Å²) in [5, 5.41) is 0. The maximum absolute atomic E-state index is 13.6. The predicted molar refractivity (Wildman–Crippen MR) is 117 cm³/mol. The van der Waals surface area contributed by atoms with Crippen molar-refractivity contribution in [3.8, 4) is 0 Å². The molecule has 5 atom stereocenters. The highest BCUT2D eigenvalue weighted by Crippen LogP contribution is 2.48. The first-order valence-electron chi connectivity index (χ1n) is 11.7. The number of alkyl halides is 6. The minimum absolute atomic E-state index is 0.0300. The maximum Gasteiger partial charge on any atom is 0.416 e. The van der Waals surface area contributed by atoms with E-state index in [9.17, 15) is 35.5 Å². The van der Waals surface area contributed by atoms with E-state index in [1.54, 1.807) is 17.0 Å². The van der Waals surface area contributed by atoms with Crippen molar-refractivity contribution in [3.05, 3.63) is 70.5 Å². The lowest BCUT2D eigenvalue weighted by molar-refractivity contribution is -0.143. The number of ether oxygens (including phenoxy) is 1. The number of amides is 1. The second-order valence-electron chi connectivity index (χ2n) is 9.66. The monoisotopic (exact) mass is 517 g/mol. The van der Waals surface area contributed by atoms with Gasteiger partial charge in [-0.15, -0.1) is 0 Å². The van der Waals surface area contributed by atoms with E-state index < -0.39 is 41.5 Å². The second kappa shape index (κ2) is 9.68. The Morgan fingerprint density at radius 1 is 0.944 bits per heavy atom. The number of hydrogen-bond acceptors (Lipinski definition) is 2. The van der Waals surface area contributed by atoms with Crippen LogP contribution in [0.4, 0.5) is 30.7 Å². The van der Waals surface area contributed by atoms with E-state index in [1.807, 2.05) is 0 Å². The van der Waals surface area contributed by atoms with Crippen LogP contribution < -0.4 is 0 Å². The van der Waals surface area contributed by atoms with Gasteiger partial charge in [0, 0.05) is 25.9 Å². The van der Waals surface area contributed by atoms with Gasteiger partial charge in [0.15, 0.2) is 0 Å². The molecule has 4 rings (SSSR count). The van der Waals surface area contributed by atoms with Gasteiger partial charge in [-0.2, -0.15) is 26.3 Å². The predicted octanol–water partition coefficient (Wildman–Crippen LogP) is 6.98. The van der Waals surface area contributed by atoms with Crippen LogP contribution in [0.25, 0.3) is 0 Å². The number of nitrogens with zero attached hydrogens (tertiary/aromatic N) is 1. The fourth-order valence-electron chi connectivity index (χ4n) is 5.55. The van der Waals surface area contributed by atoms with Crippen molar-refractivity contribution in [2.75, 3.05) is 13.1 Å². The van der Waals surface area contributed by atoms with Crippen LogP contribution in [0.5, 0.6) is 0 Å². The molecule has 2 aliphatic rings. The van der Waals surface area contributed by atoms with Crippen LogP contribution in [-0.2, 0) is 21.9 Å². The molecule has 2 aromatic rings. The molecule has 196 valence electrons. The molecule has 2 fully saturated rings.